The number of nitrogens with one attached hydrogen (secondary N) is 2. The summed E-state index contributed by atoms with van der Waals surface area (Å²) in [7, 11) is 0. The molecular formula is C20H21BrN2O2S. The van der Waals surface area contributed by atoms with Crippen molar-refractivity contribution in [2.24, 2.45) is 5.92 Å². The lowest BCUT2D eigenvalue weighted by atomic mass is 10.2. The van der Waals surface area contributed by atoms with Gasteiger partial charge < -0.3 is 10.6 Å². The van der Waals surface area contributed by atoms with E-state index in [-0.39, 0.29) is 23.0 Å². The topological polar surface area (TPSA) is 58.2 Å². The van der Waals surface area contributed by atoms with Gasteiger partial charge in [-0.15, -0.1) is 11.8 Å². The van der Waals surface area contributed by atoms with Crippen LogP contribution in [0.2, 0.25) is 0 Å². The summed E-state index contributed by atoms with van der Waals surface area (Å²) in [5.41, 5.74) is 1.55. The van der Waals surface area contributed by atoms with Crippen LogP contribution >= 0.6 is 27.7 Å². The Morgan fingerprint density at radius 1 is 1.15 bits per heavy atom. The average Bonchev–Trinajstić information content (AvgIpc) is 3.47. The second kappa shape index (κ2) is 8.73. The number of hydrogen-bond acceptors (Lipinski definition) is 3. The van der Waals surface area contributed by atoms with E-state index in [0.29, 0.717) is 6.42 Å². The molecule has 3 rings (SSSR count). The second-order valence-corrected chi connectivity index (χ2v) is 8.41. The molecule has 2 N–H and O–H groups in total. The minimum Gasteiger partial charge on any atom is -0.326 e. The van der Waals surface area contributed by atoms with Gasteiger partial charge in [0.05, 0.1) is 10.9 Å². The van der Waals surface area contributed by atoms with Crippen LogP contribution in [-0.4, -0.2) is 17.1 Å². The highest BCUT2D eigenvalue weighted by atomic mass is 79.9. The van der Waals surface area contributed by atoms with Crippen molar-refractivity contribution in [1.82, 2.24) is 0 Å². The molecule has 0 heterocycles. The first kappa shape index (κ1) is 19.0. The number of carbonyl (C=O) groups excluding carboxylic acids is 2. The van der Waals surface area contributed by atoms with Crippen molar-refractivity contribution in [2.45, 2.75) is 36.3 Å². The molecule has 0 aromatic heterocycles. The Hall–Kier alpha value is -1.79. The van der Waals surface area contributed by atoms with Crippen molar-refractivity contribution in [2.75, 3.05) is 10.6 Å². The number of para-hydroxylation sites is 1. The molecule has 1 unspecified atom stereocenters. The minimum atomic E-state index is -0.212. The summed E-state index contributed by atoms with van der Waals surface area (Å²) in [6, 6.07) is 15.2. The molecule has 0 aliphatic heterocycles. The Balaban J connectivity index is 1.64. The summed E-state index contributed by atoms with van der Waals surface area (Å²) in [5.74, 6) is 0.229. The first-order chi connectivity index (χ1) is 12.6. The number of amides is 2. The van der Waals surface area contributed by atoms with Gasteiger partial charge in [-0.05, 0) is 65.5 Å². The predicted molar refractivity (Wildman–Crippen MR) is 111 cm³/mol. The van der Waals surface area contributed by atoms with Gasteiger partial charge in [-0.25, -0.2) is 0 Å². The molecule has 6 heteroatoms. The van der Waals surface area contributed by atoms with Gasteiger partial charge in [0.2, 0.25) is 11.8 Å². The number of thioether (sulfide) groups is 1. The summed E-state index contributed by atoms with van der Waals surface area (Å²) in [6.45, 7) is 2.00. The fraction of sp³-hybridized carbons (Fsp3) is 0.300. The zero-order valence-electron chi connectivity index (χ0n) is 14.5. The third-order valence-corrected chi connectivity index (χ3v) is 6.17. The average molecular weight is 433 g/mol. The van der Waals surface area contributed by atoms with Crippen molar-refractivity contribution >= 4 is 50.9 Å². The molecule has 1 aliphatic carbocycles. The van der Waals surface area contributed by atoms with E-state index in [1.807, 2.05) is 55.5 Å². The monoisotopic (exact) mass is 432 g/mol. The summed E-state index contributed by atoms with van der Waals surface area (Å²) >= 11 is 4.96. The molecule has 1 aliphatic rings. The van der Waals surface area contributed by atoms with Crippen LogP contribution in [0.15, 0.2) is 57.9 Å². The van der Waals surface area contributed by atoms with Crippen LogP contribution in [0.5, 0.6) is 0 Å². The van der Waals surface area contributed by atoms with Gasteiger partial charge in [0.1, 0.15) is 0 Å². The van der Waals surface area contributed by atoms with E-state index in [1.165, 1.54) is 11.8 Å². The summed E-state index contributed by atoms with van der Waals surface area (Å²) < 4.78 is 0.859. The van der Waals surface area contributed by atoms with E-state index in [0.717, 1.165) is 33.6 Å². The van der Waals surface area contributed by atoms with E-state index in [2.05, 4.69) is 26.6 Å². The maximum atomic E-state index is 12.6. The maximum Gasteiger partial charge on any atom is 0.237 e. The molecular weight excluding hydrogens is 412 g/mol. The van der Waals surface area contributed by atoms with Crippen molar-refractivity contribution in [3.05, 3.63) is 53.0 Å². The van der Waals surface area contributed by atoms with Gasteiger partial charge in [-0.1, -0.05) is 25.1 Å². The van der Waals surface area contributed by atoms with E-state index in [9.17, 15) is 9.59 Å². The Morgan fingerprint density at radius 3 is 2.62 bits per heavy atom. The van der Waals surface area contributed by atoms with E-state index in [4.69, 9.17) is 0 Å². The fourth-order valence-corrected chi connectivity index (χ4v) is 3.90. The molecule has 2 amide bonds. The van der Waals surface area contributed by atoms with Gasteiger partial charge in [0, 0.05) is 21.0 Å². The van der Waals surface area contributed by atoms with Crippen LogP contribution in [0.25, 0.3) is 0 Å². The Bertz CT molecular complexity index is 808. The normalized spacial score (nSPS) is 14.5. The third kappa shape index (κ3) is 5.11. The van der Waals surface area contributed by atoms with E-state index in [1.54, 1.807) is 0 Å². The number of hydrogen-bond donors (Lipinski definition) is 2. The van der Waals surface area contributed by atoms with Gasteiger partial charge in [0.15, 0.2) is 0 Å². The predicted octanol–water partition coefficient (Wildman–Crippen LogP) is 5.31. The lowest BCUT2D eigenvalue weighted by Crippen LogP contribution is -2.24. The third-order valence-electron chi connectivity index (χ3n) is 4.12. The highest BCUT2D eigenvalue weighted by molar-refractivity contribution is 9.10. The van der Waals surface area contributed by atoms with E-state index < -0.39 is 0 Å². The van der Waals surface area contributed by atoms with Crippen molar-refractivity contribution < 1.29 is 9.59 Å². The lowest BCUT2D eigenvalue weighted by Gasteiger charge is -2.16. The Kier molecular flexibility index (Phi) is 6.38. The largest absolute Gasteiger partial charge is 0.326 e. The van der Waals surface area contributed by atoms with Gasteiger partial charge in [-0.3, -0.25) is 9.59 Å². The molecule has 136 valence electrons. The Labute approximate surface area is 166 Å². The van der Waals surface area contributed by atoms with Crippen LogP contribution in [0, 0.1) is 5.92 Å². The first-order valence-corrected chi connectivity index (χ1v) is 10.4. The van der Waals surface area contributed by atoms with Gasteiger partial charge in [0.25, 0.3) is 0 Å². The quantitative estimate of drug-likeness (QED) is 0.582. The molecule has 2 aromatic rings. The number of benzene rings is 2. The Morgan fingerprint density at radius 2 is 1.92 bits per heavy atom. The van der Waals surface area contributed by atoms with Gasteiger partial charge >= 0.3 is 0 Å². The second-order valence-electron chi connectivity index (χ2n) is 6.28. The lowest BCUT2D eigenvalue weighted by molar-refractivity contribution is -0.117. The van der Waals surface area contributed by atoms with Gasteiger partial charge in [-0.2, -0.15) is 0 Å². The number of anilines is 2. The van der Waals surface area contributed by atoms with Crippen LogP contribution in [-0.2, 0) is 9.59 Å². The standard InChI is InChI=1S/C20H21BrN2O2S/c1-2-18(20(25)23-17-9-4-3-8-16(17)21)26-15-7-5-6-14(12-15)22-19(24)13-10-11-13/h3-9,12-13,18H,2,10-11H2,1H3,(H,22,24)(H,23,25). The number of halogens is 1. The summed E-state index contributed by atoms with van der Waals surface area (Å²) in [6.07, 6.45) is 2.67. The molecule has 26 heavy (non-hydrogen) atoms. The minimum absolute atomic E-state index is 0.0307. The summed E-state index contributed by atoms with van der Waals surface area (Å²) in [5, 5.41) is 5.72. The fourth-order valence-electron chi connectivity index (χ4n) is 2.50. The first-order valence-electron chi connectivity index (χ1n) is 8.69. The van der Waals surface area contributed by atoms with Crippen LogP contribution in [0.4, 0.5) is 11.4 Å². The molecule has 0 bridgehead atoms. The maximum absolute atomic E-state index is 12.6. The van der Waals surface area contributed by atoms with Crippen molar-refractivity contribution in [3.8, 4) is 0 Å². The SMILES string of the molecule is CCC(Sc1cccc(NC(=O)C2CC2)c1)C(=O)Nc1ccccc1Br. The van der Waals surface area contributed by atoms with E-state index >= 15 is 0 Å². The van der Waals surface area contributed by atoms with Crippen LogP contribution < -0.4 is 10.6 Å². The molecule has 1 fully saturated rings. The summed E-state index contributed by atoms with van der Waals surface area (Å²) in [4.78, 5) is 25.5. The molecule has 1 saturated carbocycles. The molecule has 4 nitrogen and oxygen atoms in total. The molecule has 0 spiro atoms. The smallest absolute Gasteiger partial charge is 0.237 e. The number of carbonyl (C=O) groups is 2. The van der Waals surface area contributed by atoms with Crippen molar-refractivity contribution in [3.63, 3.8) is 0 Å². The molecule has 1 atom stereocenters. The van der Waals surface area contributed by atoms with Crippen LogP contribution in [0.3, 0.4) is 0 Å². The molecule has 2 aromatic carbocycles. The zero-order valence-corrected chi connectivity index (χ0v) is 16.9. The van der Waals surface area contributed by atoms with Crippen LogP contribution in [0.1, 0.15) is 26.2 Å². The highest BCUT2D eigenvalue weighted by Crippen LogP contribution is 2.32. The highest BCUT2D eigenvalue weighted by Gasteiger charge is 2.29. The molecule has 0 radical (unpaired) electrons. The van der Waals surface area contributed by atoms with Crippen molar-refractivity contribution in [1.29, 1.82) is 0 Å². The number of rotatable bonds is 7. The zero-order chi connectivity index (χ0) is 18.5. The molecule has 0 saturated heterocycles.